The van der Waals surface area contributed by atoms with Crippen molar-refractivity contribution in [2.75, 3.05) is 6.61 Å². The van der Waals surface area contributed by atoms with E-state index < -0.39 is 0 Å². The summed E-state index contributed by atoms with van der Waals surface area (Å²) in [6.07, 6.45) is 0.668. The van der Waals surface area contributed by atoms with Crippen LogP contribution in [0.5, 0.6) is 0 Å². The maximum Gasteiger partial charge on any atom is 0.338 e. The van der Waals surface area contributed by atoms with Crippen LogP contribution in [0.15, 0.2) is 53.0 Å². The minimum Gasteiger partial charge on any atom is -0.462 e. The van der Waals surface area contributed by atoms with Crippen LogP contribution in [0.25, 0.3) is 10.9 Å². The molecule has 0 bridgehead atoms. The summed E-state index contributed by atoms with van der Waals surface area (Å²) < 4.78 is 6.18. The first-order valence-corrected chi connectivity index (χ1v) is 7.99. The molecule has 1 heterocycles. The zero-order valence-electron chi connectivity index (χ0n) is 12.2. The molecular formula is C18H16BrNO2. The van der Waals surface area contributed by atoms with Gasteiger partial charge in [0, 0.05) is 27.5 Å². The van der Waals surface area contributed by atoms with Crippen LogP contribution in [0.4, 0.5) is 0 Å². The summed E-state index contributed by atoms with van der Waals surface area (Å²) >= 11 is 3.48. The van der Waals surface area contributed by atoms with E-state index in [0.717, 1.165) is 26.6 Å². The number of ether oxygens (including phenoxy) is 1. The van der Waals surface area contributed by atoms with Gasteiger partial charge in [0.05, 0.1) is 12.2 Å². The molecule has 0 atom stereocenters. The molecule has 3 rings (SSSR count). The van der Waals surface area contributed by atoms with Crippen LogP contribution in [-0.2, 0) is 11.2 Å². The fourth-order valence-electron chi connectivity index (χ4n) is 2.55. The van der Waals surface area contributed by atoms with Gasteiger partial charge in [-0.1, -0.05) is 34.1 Å². The molecule has 2 aromatic carbocycles. The van der Waals surface area contributed by atoms with E-state index in [4.69, 9.17) is 4.74 Å². The minimum atomic E-state index is -0.267. The third kappa shape index (κ3) is 3.07. The first kappa shape index (κ1) is 14.9. The fourth-order valence-corrected chi connectivity index (χ4v) is 2.93. The predicted octanol–water partition coefficient (Wildman–Crippen LogP) is 4.70. The van der Waals surface area contributed by atoms with Gasteiger partial charge in [0.25, 0.3) is 0 Å². The molecular weight excluding hydrogens is 342 g/mol. The zero-order chi connectivity index (χ0) is 15.5. The second-order valence-electron chi connectivity index (χ2n) is 5.08. The molecule has 1 N–H and O–H groups in total. The average Bonchev–Trinajstić information content (AvgIpc) is 2.89. The van der Waals surface area contributed by atoms with E-state index in [0.29, 0.717) is 18.6 Å². The van der Waals surface area contributed by atoms with Gasteiger partial charge in [-0.25, -0.2) is 4.79 Å². The van der Waals surface area contributed by atoms with E-state index in [2.05, 4.69) is 33.0 Å². The lowest BCUT2D eigenvalue weighted by atomic mass is 10.0. The molecule has 0 aliphatic carbocycles. The van der Waals surface area contributed by atoms with Crippen LogP contribution in [0.2, 0.25) is 0 Å². The lowest BCUT2D eigenvalue weighted by Gasteiger charge is -2.07. The number of fused-ring (bicyclic) bond motifs is 1. The van der Waals surface area contributed by atoms with Crippen LogP contribution in [0.3, 0.4) is 0 Å². The molecule has 112 valence electrons. The molecule has 0 fully saturated rings. The Hall–Kier alpha value is -2.07. The second kappa shape index (κ2) is 6.36. The van der Waals surface area contributed by atoms with Crippen LogP contribution < -0.4 is 0 Å². The van der Waals surface area contributed by atoms with Crippen LogP contribution in [0.1, 0.15) is 28.5 Å². The molecule has 0 amide bonds. The van der Waals surface area contributed by atoms with Crippen molar-refractivity contribution in [3.63, 3.8) is 0 Å². The fraction of sp³-hybridized carbons (Fsp3) is 0.167. The highest BCUT2D eigenvalue weighted by molar-refractivity contribution is 9.10. The van der Waals surface area contributed by atoms with Crippen molar-refractivity contribution >= 4 is 32.8 Å². The molecule has 0 unspecified atom stereocenters. The van der Waals surface area contributed by atoms with Gasteiger partial charge < -0.3 is 9.72 Å². The van der Waals surface area contributed by atoms with E-state index in [-0.39, 0.29) is 5.97 Å². The molecule has 1 aromatic heterocycles. The van der Waals surface area contributed by atoms with E-state index in [1.165, 1.54) is 0 Å². The monoisotopic (exact) mass is 357 g/mol. The molecule has 3 aromatic rings. The quantitative estimate of drug-likeness (QED) is 0.687. The van der Waals surface area contributed by atoms with Crippen LogP contribution in [-0.4, -0.2) is 17.6 Å². The average molecular weight is 358 g/mol. The topological polar surface area (TPSA) is 42.1 Å². The number of hydrogen-bond acceptors (Lipinski definition) is 2. The molecule has 22 heavy (non-hydrogen) atoms. The number of aromatic nitrogens is 1. The molecule has 0 saturated heterocycles. The number of esters is 1. The minimum absolute atomic E-state index is 0.267. The third-order valence-electron chi connectivity index (χ3n) is 3.53. The Morgan fingerprint density at radius 2 is 2.00 bits per heavy atom. The summed E-state index contributed by atoms with van der Waals surface area (Å²) in [5.41, 5.74) is 3.76. The number of hydrogen-bond donors (Lipinski definition) is 1. The van der Waals surface area contributed by atoms with Crippen molar-refractivity contribution in [2.24, 2.45) is 0 Å². The van der Waals surface area contributed by atoms with E-state index in [9.17, 15) is 4.79 Å². The predicted molar refractivity (Wildman–Crippen MR) is 91.2 cm³/mol. The van der Waals surface area contributed by atoms with Gasteiger partial charge in [0.15, 0.2) is 0 Å². The van der Waals surface area contributed by atoms with E-state index in [1.54, 1.807) is 0 Å². The maximum absolute atomic E-state index is 12.0. The Kier molecular flexibility index (Phi) is 4.29. The van der Waals surface area contributed by atoms with Crippen molar-refractivity contribution in [3.8, 4) is 0 Å². The lowest BCUT2D eigenvalue weighted by molar-refractivity contribution is 0.0525. The lowest BCUT2D eigenvalue weighted by Crippen LogP contribution is -2.08. The summed E-state index contributed by atoms with van der Waals surface area (Å²) in [5.74, 6) is -0.267. The summed E-state index contributed by atoms with van der Waals surface area (Å²) in [6, 6.07) is 15.8. The number of benzene rings is 2. The van der Waals surface area contributed by atoms with Gasteiger partial charge in [0.1, 0.15) is 0 Å². The summed E-state index contributed by atoms with van der Waals surface area (Å²) in [4.78, 5) is 15.4. The van der Waals surface area contributed by atoms with Crippen molar-refractivity contribution in [1.29, 1.82) is 0 Å². The van der Waals surface area contributed by atoms with Gasteiger partial charge in [-0.2, -0.15) is 0 Å². The Bertz CT molecular complexity index is 823. The zero-order valence-corrected chi connectivity index (χ0v) is 13.8. The van der Waals surface area contributed by atoms with Gasteiger partial charge >= 0.3 is 5.97 Å². The van der Waals surface area contributed by atoms with Crippen molar-refractivity contribution in [1.82, 2.24) is 4.98 Å². The Balaban J connectivity index is 1.93. The van der Waals surface area contributed by atoms with Crippen LogP contribution >= 0.6 is 15.9 Å². The van der Waals surface area contributed by atoms with Gasteiger partial charge in [0.2, 0.25) is 0 Å². The van der Waals surface area contributed by atoms with Crippen molar-refractivity contribution < 1.29 is 9.53 Å². The first-order valence-electron chi connectivity index (χ1n) is 7.19. The highest BCUT2D eigenvalue weighted by Crippen LogP contribution is 2.23. The maximum atomic E-state index is 12.0. The summed E-state index contributed by atoms with van der Waals surface area (Å²) in [5, 5.41) is 1.15. The summed E-state index contributed by atoms with van der Waals surface area (Å²) in [7, 11) is 0. The SMILES string of the molecule is CCOC(=O)c1ccccc1Cc1cc2cc(Br)ccc2[nH]1. The molecule has 0 aliphatic rings. The third-order valence-corrected chi connectivity index (χ3v) is 4.03. The molecule has 0 aliphatic heterocycles. The standard InChI is InChI=1S/C18H16BrNO2/c1-2-22-18(21)16-6-4-3-5-12(16)10-15-11-13-9-14(19)7-8-17(13)20-15/h3-9,11,20H,2,10H2,1H3. The van der Waals surface area contributed by atoms with Crippen molar-refractivity contribution in [3.05, 3.63) is 69.8 Å². The Morgan fingerprint density at radius 3 is 2.82 bits per heavy atom. The smallest absolute Gasteiger partial charge is 0.338 e. The number of halogens is 1. The Labute approximate surface area is 137 Å². The Morgan fingerprint density at radius 1 is 1.18 bits per heavy atom. The van der Waals surface area contributed by atoms with Gasteiger partial charge in [-0.15, -0.1) is 0 Å². The molecule has 0 spiro atoms. The normalized spacial score (nSPS) is 10.8. The number of carbonyl (C=O) groups excluding carboxylic acids is 1. The number of aromatic amines is 1. The highest BCUT2D eigenvalue weighted by Gasteiger charge is 2.13. The number of rotatable bonds is 4. The van der Waals surface area contributed by atoms with Crippen molar-refractivity contribution in [2.45, 2.75) is 13.3 Å². The highest BCUT2D eigenvalue weighted by atomic mass is 79.9. The summed E-state index contributed by atoms with van der Waals surface area (Å²) in [6.45, 7) is 2.20. The molecule has 4 heteroatoms. The second-order valence-corrected chi connectivity index (χ2v) is 6.00. The van der Waals surface area contributed by atoms with E-state index >= 15 is 0 Å². The first-order chi connectivity index (χ1) is 10.7. The largest absolute Gasteiger partial charge is 0.462 e. The number of H-pyrrole nitrogens is 1. The van der Waals surface area contributed by atoms with Gasteiger partial charge in [-0.3, -0.25) is 0 Å². The number of nitrogens with one attached hydrogen (secondary N) is 1. The van der Waals surface area contributed by atoms with Gasteiger partial charge in [-0.05, 0) is 42.8 Å². The molecule has 0 saturated carbocycles. The molecule has 3 nitrogen and oxygen atoms in total. The molecule has 0 radical (unpaired) electrons. The van der Waals surface area contributed by atoms with E-state index in [1.807, 2.05) is 43.3 Å². The van der Waals surface area contributed by atoms with Crippen LogP contribution in [0, 0.1) is 0 Å². The number of carbonyl (C=O) groups is 1.